The molecule has 0 fully saturated rings. The summed E-state index contributed by atoms with van der Waals surface area (Å²) in [4.78, 5) is 11.1. The SMILES string of the molecule is CCOC(=O)c1ccc(I)cc1.[I-].[K+]. The molecule has 0 bridgehead atoms. The Balaban J connectivity index is 0. The normalized spacial score (nSPS) is 8.14. The van der Waals surface area contributed by atoms with Gasteiger partial charge in [0.25, 0.3) is 0 Å². The van der Waals surface area contributed by atoms with Crippen molar-refractivity contribution < 1.29 is 84.9 Å². The Morgan fingerprint density at radius 1 is 1.36 bits per heavy atom. The van der Waals surface area contributed by atoms with Crippen LogP contribution in [0.1, 0.15) is 17.3 Å². The van der Waals surface area contributed by atoms with E-state index in [0.29, 0.717) is 12.2 Å². The molecule has 0 radical (unpaired) electrons. The third kappa shape index (κ3) is 6.39. The van der Waals surface area contributed by atoms with Crippen LogP contribution < -0.4 is 75.4 Å². The van der Waals surface area contributed by atoms with E-state index in [-0.39, 0.29) is 81.3 Å². The van der Waals surface area contributed by atoms with Gasteiger partial charge in [0, 0.05) is 3.57 Å². The zero-order chi connectivity index (χ0) is 8.97. The number of hydrogen-bond donors (Lipinski definition) is 0. The molecule has 1 rings (SSSR count). The van der Waals surface area contributed by atoms with Gasteiger partial charge in [0.1, 0.15) is 0 Å². The molecule has 0 saturated heterocycles. The van der Waals surface area contributed by atoms with Crippen LogP contribution in [0.25, 0.3) is 0 Å². The van der Waals surface area contributed by atoms with E-state index in [0.717, 1.165) is 3.57 Å². The van der Waals surface area contributed by atoms with Gasteiger partial charge < -0.3 is 28.7 Å². The first-order valence-electron chi connectivity index (χ1n) is 3.66. The van der Waals surface area contributed by atoms with Crippen molar-refractivity contribution in [2.75, 3.05) is 6.61 Å². The summed E-state index contributed by atoms with van der Waals surface area (Å²) in [6.45, 7) is 2.22. The summed E-state index contributed by atoms with van der Waals surface area (Å²) in [6.07, 6.45) is 0. The van der Waals surface area contributed by atoms with Crippen LogP contribution in [0.4, 0.5) is 0 Å². The van der Waals surface area contributed by atoms with Gasteiger partial charge in [-0.25, -0.2) is 4.79 Å². The standard InChI is InChI=1S/C9H9IO2.HI.K/c1-2-12-9(11)7-3-5-8(10)6-4-7;;/h3-6H,2H2,1H3;1H;/q;;+1/p-1. The maximum absolute atomic E-state index is 11.1. The summed E-state index contributed by atoms with van der Waals surface area (Å²) in [6, 6.07) is 7.29. The Bertz CT molecular complexity index is 275. The fourth-order valence-electron chi connectivity index (χ4n) is 0.800. The minimum Gasteiger partial charge on any atom is -1.00 e. The van der Waals surface area contributed by atoms with E-state index in [1.165, 1.54) is 0 Å². The molecule has 0 heterocycles. The molecule has 0 aliphatic heterocycles. The fourth-order valence-corrected chi connectivity index (χ4v) is 1.16. The largest absolute Gasteiger partial charge is 1.00 e. The van der Waals surface area contributed by atoms with E-state index in [4.69, 9.17) is 4.74 Å². The number of hydrogen-bond acceptors (Lipinski definition) is 2. The monoisotopic (exact) mass is 442 g/mol. The molecule has 0 N–H and O–H groups in total. The van der Waals surface area contributed by atoms with E-state index in [9.17, 15) is 4.79 Å². The third-order valence-corrected chi connectivity index (χ3v) is 2.07. The van der Waals surface area contributed by atoms with Gasteiger partial charge in [0.05, 0.1) is 12.2 Å². The van der Waals surface area contributed by atoms with E-state index in [1.54, 1.807) is 19.1 Å². The number of halogens is 2. The van der Waals surface area contributed by atoms with Crippen molar-refractivity contribution in [3.05, 3.63) is 33.4 Å². The number of carbonyl (C=O) groups is 1. The first-order valence-corrected chi connectivity index (χ1v) is 4.74. The van der Waals surface area contributed by atoms with Crippen molar-refractivity contribution in [2.45, 2.75) is 6.92 Å². The van der Waals surface area contributed by atoms with E-state index < -0.39 is 0 Å². The molecule has 0 amide bonds. The van der Waals surface area contributed by atoms with Crippen molar-refractivity contribution >= 4 is 28.6 Å². The van der Waals surface area contributed by atoms with Crippen molar-refractivity contribution in [2.24, 2.45) is 0 Å². The van der Waals surface area contributed by atoms with Crippen molar-refractivity contribution in [1.82, 2.24) is 0 Å². The average molecular weight is 442 g/mol. The van der Waals surface area contributed by atoms with Crippen LogP contribution in [0.2, 0.25) is 0 Å². The summed E-state index contributed by atoms with van der Waals surface area (Å²) in [5, 5.41) is 0. The number of esters is 1. The van der Waals surface area contributed by atoms with Crippen LogP contribution in [0.15, 0.2) is 24.3 Å². The fraction of sp³-hybridized carbons (Fsp3) is 0.222. The molecule has 14 heavy (non-hydrogen) atoms. The molecule has 72 valence electrons. The van der Waals surface area contributed by atoms with Gasteiger partial charge in [-0.15, -0.1) is 0 Å². The van der Waals surface area contributed by atoms with Gasteiger partial charge >= 0.3 is 57.4 Å². The molecule has 0 spiro atoms. The van der Waals surface area contributed by atoms with Crippen molar-refractivity contribution in [3.8, 4) is 0 Å². The molecule has 0 aliphatic rings. The molecule has 1 aromatic rings. The number of rotatable bonds is 2. The predicted molar refractivity (Wildman–Crippen MR) is 55.1 cm³/mol. The Morgan fingerprint density at radius 3 is 2.29 bits per heavy atom. The molecule has 1 aromatic carbocycles. The Kier molecular flexibility index (Phi) is 12.9. The van der Waals surface area contributed by atoms with Crippen molar-refractivity contribution in [1.29, 1.82) is 0 Å². The summed E-state index contributed by atoms with van der Waals surface area (Å²) in [5.41, 5.74) is 0.609. The zero-order valence-corrected chi connectivity index (χ0v) is 15.5. The van der Waals surface area contributed by atoms with Gasteiger partial charge in [0.15, 0.2) is 0 Å². The second-order valence-corrected chi connectivity index (χ2v) is 3.47. The first-order chi connectivity index (χ1) is 5.74. The van der Waals surface area contributed by atoms with Gasteiger partial charge in [-0.3, -0.25) is 0 Å². The van der Waals surface area contributed by atoms with Gasteiger partial charge in [-0.05, 0) is 53.8 Å². The Hall–Kier alpha value is 1.79. The van der Waals surface area contributed by atoms with Crippen LogP contribution in [-0.2, 0) is 4.74 Å². The molecule has 0 saturated carbocycles. The molecule has 0 atom stereocenters. The summed E-state index contributed by atoms with van der Waals surface area (Å²) in [5.74, 6) is -0.256. The molecule has 5 heteroatoms. The predicted octanol–water partition coefficient (Wildman–Crippen LogP) is -3.52. The minimum atomic E-state index is -0.256. The summed E-state index contributed by atoms with van der Waals surface area (Å²) < 4.78 is 5.94. The van der Waals surface area contributed by atoms with Crippen LogP contribution in [-0.4, -0.2) is 12.6 Å². The quantitative estimate of drug-likeness (QED) is 0.270. The summed E-state index contributed by atoms with van der Waals surface area (Å²) in [7, 11) is 0. The van der Waals surface area contributed by atoms with E-state index in [2.05, 4.69) is 22.6 Å². The average Bonchev–Trinajstić information content (AvgIpc) is 2.06. The zero-order valence-electron chi connectivity index (χ0n) is 8.09. The number of ether oxygens (including phenoxy) is 1. The van der Waals surface area contributed by atoms with Gasteiger partial charge in [-0.2, -0.15) is 0 Å². The van der Waals surface area contributed by atoms with E-state index >= 15 is 0 Å². The Morgan fingerprint density at radius 2 is 1.86 bits per heavy atom. The van der Waals surface area contributed by atoms with Gasteiger partial charge in [-0.1, -0.05) is 0 Å². The second kappa shape index (κ2) is 9.97. The van der Waals surface area contributed by atoms with Crippen LogP contribution >= 0.6 is 22.6 Å². The van der Waals surface area contributed by atoms with Crippen LogP contribution in [0, 0.1) is 3.57 Å². The molecule has 0 aromatic heterocycles. The van der Waals surface area contributed by atoms with Crippen LogP contribution in [0.3, 0.4) is 0 Å². The number of benzene rings is 1. The molecular weight excluding hydrogens is 433 g/mol. The maximum Gasteiger partial charge on any atom is 1.00 e. The molecule has 0 unspecified atom stereocenters. The molecular formula is C9H9I2KO2. The smallest absolute Gasteiger partial charge is 1.00 e. The molecule has 0 aliphatic carbocycles. The minimum absolute atomic E-state index is 0. The van der Waals surface area contributed by atoms with Crippen molar-refractivity contribution in [3.63, 3.8) is 0 Å². The first kappa shape index (κ1) is 18.2. The number of carbonyl (C=O) groups excluding carboxylic acids is 1. The molecule has 2 nitrogen and oxygen atoms in total. The topological polar surface area (TPSA) is 26.3 Å². The van der Waals surface area contributed by atoms with Crippen LogP contribution in [0.5, 0.6) is 0 Å². The van der Waals surface area contributed by atoms with E-state index in [1.807, 2.05) is 12.1 Å². The summed E-state index contributed by atoms with van der Waals surface area (Å²) >= 11 is 2.19. The Labute approximate surface area is 157 Å². The third-order valence-electron chi connectivity index (χ3n) is 1.36. The maximum atomic E-state index is 11.1. The van der Waals surface area contributed by atoms with Gasteiger partial charge in [0.2, 0.25) is 0 Å². The second-order valence-electron chi connectivity index (χ2n) is 2.23.